The largest absolute Gasteiger partial charge is 0.326 e. The second-order valence-corrected chi connectivity index (χ2v) is 8.15. The van der Waals surface area contributed by atoms with E-state index in [1.165, 1.54) is 5.56 Å². The van der Waals surface area contributed by atoms with E-state index in [1.807, 2.05) is 0 Å². The predicted molar refractivity (Wildman–Crippen MR) is 108 cm³/mol. The third-order valence-electron chi connectivity index (χ3n) is 3.51. The number of aryl methyl sites for hydroxylation is 1. The predicted octanol–water partition coefficient (Wildman–Crippen LogP) is 5.89. The molecular formula is C19H17ClN2OS2. The van der Waals surface area contributed by atoms with Crippen molar-refractivity contribution in [1.82, 2.24) is 4.98 Å². The fourth-order valence-electron chi connectivity index (χ4n) is 2.17. The molecule has 0 atom stereocenters. The maximum absolute atomic E-state index is 12.0. The van der Waals surface area contributed by atoms with Crippen LogP contribution in [0.2, 0.25) is 5.02 Å². The molecule has 1 N–H and O–H groups in total. The summed E-state index contributed by atoms with van der Waals surface area (Å²) in [6.45, 7) is 2.07. The van der Waals surface area contributed by atoms with Gasteiger partial charge in [-0.05, 0) is 31.2 Å². The molecule has 0 aliphatic rings. The van der Waals surface area contributed by atoms with Gasteiger partial charge in [-0.2, -0.15) is 0 Å². The van der Waals surface area contributed by atoms with Crippen molar-refractivity contribution in [3.63, 3.8) is 0 Å². The van der Waals surface area contributed by atoms with E-state index in [-0.39, 0.29) is 5.91 Å². The van der Waals surface area contributed by atoms with Crippen molar-refractivity contribution >= 4 is 46.3 Å². The van der Waals surface area contributed by atoms with Crippen molar-refractivity contribution in [2.24, 2.45) is 0 Å². The Morgan fingerprint density at radius 1 is 1.16 bits per heavy atom. The van der Waals surface area contributed by atoms with Gasteiger partial charge < -0.3 is 5.32 Å². The molecule has 3 rings (SSSR count). The monoisotopic (exact) mass is 388 g/mol. The molecule has 1 aromatic heterocycles. The van der Waals surface area contributed by atoms with Gasteiger partial charge in [0, 0.05) is 33.8 Å². The van der Waals surface area contributed by atoms with Gasteiger partial charge in [-0.25, -0.2) is 4.98 Å². The first-order valence-electron chi connectivity index (χ1n) is 7.81. The maximum atomic E-state index is 12.0. The van der Waals surface area contributed by atoms with Crippen molar-refractivity contribution in [2.45, 2.75) is 17.7 Å². The molecule has 0 aliphatic heterocycles. The molecule has 0 radical (unpaired) electrons. The molecule has 0 fully saturated rings. The van der Waals surface area contributed by atoms with Crippen LogP contribution in [-0.4, -0.2) is 16.6 Å². The number of hydrogen-bond donors (Lipinski definition) is 1. The van der Waals surface area contributed by atoms with Crippen LogP contribution in [-0.2, 0) is 4.79 Å². The highest BCUT2D eigenvalue weighted by Gasteiger charge is 2.07. The van der Waals surface area contributed by atoms with Gasteiger partial charge in [0.25, 0.3) is 0 Å². The second-order valence-electron chi connectivity index (χ2n) is 5.52. The van der Waals surface area contributed by atoms with Crippen molar-refractivity contribution in [3.05, 3.63) is 64.5 Å². The molecule has 2 aromatic carbocycles. The number of benzene rings is 2. The lowest BCUT2D eigenvalue weighted by atomic mass is 10.1. The Morgan fingerprint density at radius 2 is 1.88 bits per heavy atom. The van der Waals surface area contributed by atoms with E-state index >= 15 is 0 Å². The molecule has 1 heterocycles. The van der Waals surface area contributed by atoms with Crippen molar-refractivity contribution in [2.75, 3.05) is 11.1 Å². The van der Waals surface area contributed by atoms with Crippen LogP contribution in [0.15, 0.2) is 58.3 Å². The Kier molecular flexibility index (Phi) is 6.13. The summed E-state index contributed by atoms with van der Waals surface area (Å²) in [6.07, 6.45) is 0.437. The van der Waals surface area contributed by atoms with Crippen molar-refractivity contribution in [1.29, 1.82) is 0 Å². The number of aromatic nitrogens is 1. The molecule has 0 saturated heterocycles. The lowest BCUT2D eigenvalue weighted by Crippen LogP contribution is -2.11. The zero-order chi connectivity index (χ0) is 17.6. The van der Waals surface area contributed by atoms with Crippen LogP contribution in [0, 0.1) is 6.92 Å². The molecule has 1 amide bonds. The Bertz CT molecular complexity index is 845. The fraction of sp³-hybridized carbons (Fsp3) is 0.158. The highest BCUT2D eigenvalue weighted by molar-refractivity contribution is 8.01. The summed E-state index contributed by atoms with van der Waals surface area (Å²) >= 11 is 9.05. The van der Waals surface area contributed by atoms with Gasteiger partial charge in [0.15, 0.2) is 4.34 Å². The number of thiazole rings is 1. The minimum absolute atomic E-state index is 0.00913. The van der Waals surface area contributed by atoms with Gasteiger partial charge in [-0.3, -0.25) is 4.79 Å². The summed E-state index contributed by atoms with van der Waals surface area (Å²) in [6, 6.07) is 15.4. The first-order valence-corrected chi connectivity index (χ1v) is 10.1. The quantitative estimate of drug-likeness (QED) is 0.535. The molecule has 3 aromatic rings. The van der Waals surface area contributed by atoms with E-state index in [1.54, 1.807) is 47.4 Å². The molecule has 0 saturated carbocycles. The van der Waals surface area contributed by atoms with Crippen molar-refractivity contribution < 1.29 is 4.79 Å². The number of nitrogens with one attached hydrogen (secondary N) is 1. The second kappa shape index (κ2) is 8.52. The molecule has 25 heavy (non-hydrogen) atoms. The average Bonchev–Trinajstić information content (AvgIpc) is 3.06. The minimum atomic E-state index is -0.00913. The van der Waals surface area contributed by atoms with E-state index in [9.17, 15) is 4.79 Å². The summed E-state index contributed by atoms with van der Waals surface area (Å²) in [4.78, 5) is 16.6. The summed E-state index contributed by atoms with van der Waals surface area (Å²) in [7, 11) is 0. The van der Waals surface area contributed by atoms with Gasteiger partial charge in [-0.15, -0.1) is 11.3 Å². The Labute approximate surface area is 160 Å². The summed E-state index contributed by atoms with van der Waals surface area (Å²) in [5.41, 5.74) is 4.10. The molecule has 0 spiro atoms. The summed E-state index contributed by atoms with van der Waals surface area (Å²) in [5, 5.41) is 5.57. The molecule has 0 unspecified atom stereocenters. The SMILES string of the molecule is Cc1ccc(-c2csc(SCCC(=O)Nc3ccc(Cl)cc3)n2)cc1. The van der Waals surface area contributed by atoms with Gasteiger partial charge in [0.2, 0.25) is 5.91 Å². The molecular weight excluding hydrogens is 372 g/mol. The number of thioether (sulfide) groups is 1. The Hall–Kier alpha value is -1.82. The van der Waals surface area contributed by atoms with Crippen LogP contribution < -0.4 is 5.32 Å². The van der Waals surface area contributed by atoms with E-state index in [0.717, 1.165) is 21.3 Å². The normalized spacial score (nSPS) is 10.6. The topological polar surface area (TPSA) is 42.0 Å². The number of anilines is 1. The average molecular weight is 389 g/mol. The fourth-order valence-corrected chi connectivity index (χ4v) is 4.14. The van der Waals surface area contributed by atoms with E-state index < -0.39 is 0 Å². The van der Waals surface area contributed by atoms with Crippen LogP contribution in [0.1, 0.15) is 12.0 Å². The molecule has 128 valence electrons. The number of carbonyl (C=O) groups is 1. The number of nitrogens with zero attached hydrogens (tertiary/aromatic N) is 1. The molecule has 0 bridgehead atoms. The smallest absolute Gasteiger partial charge is 0.225 e. The Balaban J connectivity index is 1.48. The number of carbonyl (C=O) groups excluding carboxylic acids is 1. The molecule has 6 heteroatoms. The van der Waals surface area contributed by atoms with Crippen LogP contribution in [0.25, 0.3) is 11.3 Å². The zero-order valence-electron chi connectivity index (χ0n) is 13.7. The summed E-state index contributed by atoms with van der Waals surface area (Å²) < 4.78 is 0.981. The van der Waals surface area contributed by atoms with E-state index in [2.05, 4.69) is 46.9 Å². The van der Waals surface area contributed by atoms with Crippen LogP contribution in [0.4, 0.5) is 5.69 Å². The van der Waals surface area contributed by atoms with Gasteiger partial charge in [0.1, 0.15) is 0 Å². The van der Waals surface area contributed by atoms with Gasteiger partial charge in [0.05, 0.1) is 5.69 Å². The third-order valence-corrected chi connectivity index (χ3v) is 5.79. The number of rotatable bonds is 6. The first-order chi connectivity index (χ1) is 12.1. The molecule has 0 aliphatic carbocycles. The van der Waals surface area contributed by atoms with E-state index in [0.29, 0.717) is 17.2 Å². The molecule has 3 nitrogen and oxygen atoms in total. The van der Waals surface area contributed by atoms with Gasteiger partial charge >= 0.3 is 0 Å². The van der Waals surface area contributed by atoms with Crippen LogP contribution in [0.5, 0.6) is 0 Å². The number of halogens is 1. The van der Waals surface area contributed by atoms with Gasteiger partial charge in [-0.1, -0.05) is 53.2 Å². The highest BCUT2D eigenvalue weighted by atomic mass is 35.5. The lowest BCUT2D eigenvalue weighted by molar-refractivity contribution is -0.115. The standard InChI is InChI=1S/C19H17ClN2OS2/c1-13-2-4-14(5-3-13)17-12-25-19(22-17)24-11-10-18(23)21-16-8-6-15(20)7-9-16/h2-9,12H,10-11H2,1H3,(H,21,23). The lowest BCUT2D eigenvalue weighted by Gasteiger charge is -2.04. The highest BCUT2D eigenvalue weighted by Crippen LogP contribution is 2.28. The number of hydrogen-bond acceptors (Lipinski definition) is 4. The zero-order valence-corrected chi connectivity index (χ0v) is 16.0. The maximum Gasteiger partial charge on any atom is 0.225 e. The Morgan fingerprint density at radius 3 is 2.60 bits per heavy atom. The van der Waals surface area contributed by atoms with Crippen LogP contribution >= 0.6 is 34.7 Å². The first kappa shape index (κ1) is 18.0. The summed E-state index contributed by atoms with van der Waals surface area (Å²) in [5.74, 6) is 0.686. The third kappa shape index (κ3) is 5.33. The van der Waals surface area contributed by atoms with E-state index in [4.69, 9.17) is 11.6 Å². The number of amides is 1. The van der Waals surface area contributed by atoms with Crippen molar-refractivity contribution in [3.8, 4) is 11.3 Å². The van der Waals surface area contributed by atoms with Crippen LogP contribution in [0.3, 0.4) is 0 Å². The minimum Gasteiger partial charge on any atom is -0.326 e.